The lowest BCUT2D eigenvalue weighted by Crippen LogP contribution is -2.15. The minimum Gasteiger partial charge on any atom is -0.466 e. The molecule has 7 nitrogen and oxygen atoms in total. The Hall–Kier alpha value is -2.96. The van der Waals surface area contributed by atoms with E-state index < -0.39 is 23.9 Å². The fourth-order valence-corrected chi connectivity index (χ4v) is 1.62. The van der Waals surface area contributed by atoms with Gasteiger partial charge >= 0.3 is 23.9 Å². The van der Waals surface area contributed by atoms with E-state index in [1.54, 1.807) is 24.3 Å². The number of esters is 4. The van der Waals surface area contributed by atoms with Crippen LogP contribution < -0.4 is 0 Å². The van der Waals surface area contributed by atoms with E-state index in [1.807, 2.05) is 6.07 Å². The van der Waals surface area contributed by atoms with Gasteiger partial charge in [-0.1, -0.05) is 30.3 Å². The molecule has 0 saturated carbocycles. The average molecular weight is 334 g/mol. The molecular formula is C17H18O7. The summed E-state index contributed by atoms with van der Waals surface area (Å²) in [4.78, 5) is 45.0. The number of carbonyl (C=O) groups is 4. The molecule has 1 aromatic rings. The Balaban J connectivity index is 2.17. The molecular weight excluding hydrogens is 316 g/mol. The van der Waals surface area contributed by atoms with Crippen molar-refractivity contribution in [3.8, 4) is 0 Å². The summed E-state index contributed by atoms with van der Waals surface area (Å²) >= 11 is 0. The standard InChI is InChI=1S/C17H18O7/c1-22-14(18)9-10-15(19)23-11-5-8-16(20)24-17(21)12-13-6-3-2-4-7-13/h2-4,6-7,9-10H,5,8,11-12H2,1H3/b10-9+. The molecule has 0 aliphatic rings. The van der Waals surface area contributed by atoms with Gasteiger partial charge < -0.3 is 14.2 Å². The Morgan fingerprint density at radius 2 is 1.62 bits per heavy atom. The van der Waals surface area contributed by atoms with Gasteiger partial charge in [-0.3, -0.25) is 9.59 Å². The van der Waals surface area contributed by atoms with Crippen LogP contribution in [0.3, 0.4) is 0 Å². The molecule has 0 atom stereocenters. The van der Waals surface area contributed by atoms with Crippen LogP contribution in [-0.4, -0.2) is 37.6 Å². The topological polar surface area (TPSA) is 96.0 Å². The van der Waals surface area contributed by atoms with Crippen molar-refractivity contribution in [2.24, 2.45) is 0 Å². The predicted molar refractivity (Wildman–Crippen MR) is 82.6 cm³/mol. The summed E-state index contributed by atoms with van der Waals surface area (Å²) in [5.74, 6) is -2.72. The SMILES string of the molecule is COC(=O)/C=C/C(=O)OCCCC(=O)OC(=O)Cc1ccccc1. The molecule has 0 spiro atoms. The highest BCUT2D eigenvalue weighted by Gasteiger charge is 2.11. The highest BCUT2D eigenvalue weighted by Crippen LogP contribution is 2.02. The first-order valence-electron chi connectivity index (χ1n) is 7.21. The van der Waals surface area contributed by atoms with Gasteiger partial charge in [-0.25, -0.2) is 9.59 Å². The molecule has 0 heterocycles. The van der Waals surface area contributed by atoms with Gasteiger partial charge in [0.15, 0.2) is 0 Å². The van der Waals surface area contributed by atoms with E-state index in [4.69, 9.17) is 4.74 Å². The summed E-state index contributed by atoms with van der Waals surface area (Å²) in [6, 6.07) is 8.91. The summed E-state index contributed by atoms with van der Waals surface area (Å²) in [7, 11) is 1.18. The van der Waals surface area contributed by atoms with Gasteiger partial charge in [0.2, 0.25) is 0 Å². The number of methoxy groups -OCH3 is 1. The van der Waals surface area contributed by atoms with Gasteiger partial charge in [-0.2, -0.15) is 0 Å². The van der Waals surface area contributed by atoms with Gasteiger partial charge in [0.25, 0.3) is 0 Å². The van der Waals surface area contributed by atoms with Crippen LogP contribution in [0.4, 0.5) is 0 Å². The van der Waals surface area contributed by atoms with Gasteiger partial charge in [0.05, 0.1) is 20.1 Å². The number of benzene rings is 1. The van der Waals surface area contributed by atoms with Gasteiger partial charge in [0, 0.05) is 18.6 Å². The van der Waals surface area contributed by atoms with E-state index in [-0.39, 0.29) is 25.9 Å². The first kappa shape index (κ1) is 19.1. The van der Waals surface area contributed by atoms with Crippen molar-refractivity contribution in [3.63, 3.8) is 0 Å². The molecule has 24 heavy (non-hydrogen) atoms. The van der Waals surface area contributed by atoms with Gasteiger partial charge in [-0.05, 0) is 12.0 Å². The van der Waals surface area contributed by atoms with Gasteiger partial charge in [0.1, 0.15) is 0 Å². The number of carbonyl (C=O) groups excluding carboxylic acids is 4. The van der Waals surface area contributed by atoms with Crippen LogP contribution in [0, 0.1) is 0 Å². The third-order valence-electron chi connectivity index (χ3n) is 2.75. The molecule has 0 fully saturated rings. The quantitative estimate of drug-likeness (QED) is 0.233. The van der Waals surface area contributed by atoms with E-state index in [0.29, 0.717) is 0 Å². The first-order valence-corrected chi connectivity index (χ1v) is 7.21. The fraction of sp³-hybridized carbons (Fsp3) is 0.294. The fourth-order valence-electron chi connectivity index (χ4n) is 1.62. The van der Waals surface area contributed by atoms with E-state index in [0.717, 1.165) is 17.7 Å². The van der Waals surface area contributed by atoms with Gasteiger partial charge in [-0.15, -0.1) is 0 Å². The lowest BCUT2D eigenvalue weighted by atomic mass is 10.2. The molecule has 0 bridgehead atoms. The first-order chi connectivity index (χ1) is 11.5. The molecule has 1 rings (SSSR count). The zero-order chi connectivity index (χ0) is 17.8. The lowest BCUT2D eigenvalue weighted by molar-refractivity contribution is -0.159. The summed E-state index contributed by atoms with van der Waals surface area (Å²) in [6.07, 6.45) is 2.01. The molecule has 0 unspecified atom stereocenters. The van der Waals surface area contributed by atoms with E-state index in [9.17, 15) is 19.2 Å². The molecule has 0 N–H and O–H groups in total. The molecule has 0 amide bonds. The molecule has 7 heteroatoms. The van der Waals surface area contributed by atoms with Crippen LogP contribution in [0.15, 0.2) is 42.5 Å². The smallest absolute Gasteiger partial charge is 0.331 e. The Kier molecular flexibility index (Phi) is 8.52. The zero-order valence-electron chi connectivity index (χ0n) is 13.2. The van der Waals surface area contributed by atoms with E-state index in [1.165, 1.54) is 7.11 Å². The lowest BCUT2D eigenvalue weighted by Gasteiger charge is -2.04. The Morgan fingerprint density at radius 1 is 0.958 bits per heavy atom. The van der Waals surface area contributed by atoms with Crippen LogP contribution in [-0.2, 0) is 39.8 Å². The second kappa shape index (κ2) is 10.7. The number of rotatable bonds is 8. The minimum absolute atomic E-state index is 0.0138. The number of hydrogen-bond acceptors (Lipinski definition) is 7. The third-order valence-corrected chi connectivity index (χ3v) is 2.75. The molecule has 0 radical (unpaired) electrons. The molecule has 0 aromatic heterocycles. The Morgan fingerprint density at radius 3 is 2.29 bits per heavy atom. The zero-order valence-corrected chi connectivity index (χ0v) is 13.2. The van der Waals surface area contributed by atoms with Crippen LogP contribution in [0.1, 0.15) is 18.4 Å². The summed E-state index contributed by atoms with van der Waals surface area (Å²) < 4.78 is 13.7. The maximum absolute atomic E-state index is 11.6. The molecule has 0 aliphatic heterocycles. The molecule has 0 aliphatic carbocycles. The van der Waals surface area contributed by atoms with Crippen molar-refractivity contribution >= 4 is 23.9 Å². The Labute approximate surface area is 139 Å². The van der Waals surface area contributed by atoms with Crippen molar-refractivity contribution in [2.75, 3.05) is 13.7 Å². The van der Waals surface area contributed by atoms with Crippen molar-refractivity contribution in [3.05, 3.63) is 48.0 Å². The maximum Gasteiger partial charge on any atom is 0.331 e. The maximum atomic E-state index is 11.6. The second-order valence-corrected chi connectivity index (χ2v) is 4.64. The Bertz CT molecular complexity index is 605. The highest BCUT2D eigenvalue weighted by atomic mass is 16.6. The van der Waals surface area contributed by atoms with Crippen molar-refractivity contribution in [1.29, 1.82) is 0 Å². The number of ether oxygens (including phenoxy) is 3. The normalized spacial score (nSPS) is 10.2. The molecule has 128 valence electrons. The van der Waals surface area contributed by atoms with E-state index >= 15 is 0 Å². The average Bonchev–Trinajstić information content (AvgIpc) is 2.57. The molecule has 1 aromatic carbocycles. The summed E-state index contributed by atoms with van der Waals surface area (Å²) in [5, 5.41) is 0. The largest absolute Gasteiger partial charge is 0.466 e. The molecule has 0 saturated heterocycles. The van der Waals surface area contributed by atoms with Crippen LogP contribution in [0.2, 0.25) is 0 Å². The minimum atomic E-state index is -0.728. The van der Waals surface area contributed by atoms with Crippen LogP contribution in [0.5, 0.6) is 0 Å². The van der Waals surface area contributed by atoms with Crippen LogP contribution in [0.25, 0.3) is 0 Å². The highest BCUT2D eigenvalue weighted by molar-refractivity contribution is 5.91. The number of hydrogen-bond donors (Lipinski definition) is 0. The van der Waals surface area contributed by atoms with Crippen molar-refractivity contribution < 1.29 is 33.4 Å². The summed E-state index contributed by atoms with van der Waals surface area (Å²) in [5.41, 5.74) is 0.752. The third kappa shape index (κ3) is 8.47. The monoisotopic (exact) mass is 334 g/mol. The predicted octanol–water partition coefficient (Wildman–Crippen LogP) is 1.35. The van der Waals surface area contributed by atoms with Crippen LogP contribution >= 0.6 is 0 Å². The second-order valence-electron chi connectivity index (χ2n) is 4.64. The summed E-state index contributed by atoms with van der Waals surface area (Å²) in [6.45, 7) is -0.0354. The van der Waals surface area contributed by atoms with Crippen molar-refractivity contribution in [2.45, 2.75) is 19.3 Å². The van der Waals surface area contributed by atoms with E-state index in [2.05, 4.69) is 9.47 Å². The van der Waals surface area contributed by atoms with Crippen molar-refractivity contribution in [1.82, 2.24) is 0 Å².